The van der Waals surface area contributed by atoms with Crippen LogP contribution >= 0.6 is 0 Å². The van der Waals surface area contributed by atoms with Crippen molar-refractivity contribution in [2.24, 2.45) is 5.73 Å². The summed E-state index contributed by atoms with van der Waals surface area (Å²) in [4.78, 5) is 0. The van der Waals surface area contributed by atoms with Crippen molar-refractivity contribution < 1.29 is 10.2 Å². The van der Waals surface area contributed by atoms with Crippen molar-refractivity contribution in [1.82, 2.24) is 0 Å². The fourth-order valence-electron chi connectivity index (χ4n) is 0.891. The van der Waals surface area contributed by atoms with Crippen LogP contribution in [0.5, 0.6) is 11.5 Å². The molecule has 0 saturated heterocycles. The van der Waals surface area contributed by atoms with Gasteiger partial charge in [0.05, 0.1) is 0 Å². The molecule has 0 bridgehead atoms. The Balaban J connectivity index is 0.00000121. The molecule has 4 heteroatoms. The molecule has 1 rings (SSSR count). The summed E-state index contributed by atoms with van der Waals surface area (Å²) < 4.78 is 0. The number of nitrogens with two attached hydrogens (primary N) is 1. The average Bonchev–Trinajstić information content (AvgIpc) is 1.98. The second-order valence-corrected chi connectivity index (χ2v) is 2.36. The second-order valence-electron chi connectivity index (χ2n) is 2.36. The summed E-state index contributed by atoms with van der Waals surface area (Å²) in [5.74, 6) is -0.179. The van der Waals surface area contributed by atoms with Gasteiger partial charge in [-0.2, -0.15) is 0 Å². The normalized spacial score (nSPS) is 9.08. The van der Waals surface area contributed by atoms with E-state index in [1.165, 1.54) is 12.1 Å². The van der Waals surface area contributed by atoms with Gasteiger partial charge in [0.15, 0.2) is 11.5 Å². The number of hydrogen-bond acceptors (Lipinski definition) is 3. The minimum atomic E-state index is -0.0919. The Morgan fingerprint density at radius 2 is 1.83 bits per heavy atom. The zero-order valence-corrected chi connectivity index (χ0v) is 6.12. The first-order chi connectivity index (χ1) is 5.24. The third-order valence-corrected chi connectivity index (χ3v) is 1.47. The predicted molar refractivity (Wildman–Crippen MR) is 49.7 cm³/mol. The molecule has 0 spiro atoms. The summed E-state index contributed by atoms with van der Waals surface area (Å²) in [6.07, 6.45) is 0.716. The standard InChI is InChI=1S/C8H11NO2.Na.H/c9-4-3-6-1-2-7(10)8(11)5-6;;/h1-2,5,10-11H,3-4,9H2;;. The molecule has 0 amide bonds. The molecule has 0 atom stereocenters. The van der Waals surface area contributed by atoms with E-state index in [9.17, 15) is 0 Å². The van der Waals surface area contributed by atoms with Crippen LogP contribution < -0.4 is 5.73 Å². The monoisotopic (exact) mass is 177 g/mol. The van der Waals surface area contributed by atoms with Gasteiger partial charge in [-0.3, -0.25) is 0 Å². The van der Waals surface area contributed by atoms with Crippen molar-refractivity contribution in [1.29, 1.82) is 0 Å². The van der Waals surface area contributed by atoms with Gasteiger partial charge < -0.3 is 15.9 Å². The van der Waals surface area contributed by atoms with Crippen molar-refractivity contribution in [3.63, 3.8) is 0 Å². The summed E-state index contributed by atoms with van der Waals surface area (Å²) in [5, 5.41) is 18.0. The SMILES string of the molecule is NCCc1ccc(O)c(O)c1.[NaH]. The summed E-state index contributed by atoms with van der Waals surface area (Å²) in [7, 11) is 0. The van der Waals surface area contributed by atoms with Crippen LogP contribution in [0.2, 0.25) is 0 Å². The molecule has 3 nitrogen and oxygen atoms in total. The van der Waals surface area contributed by atoms with E-state index >= 15 is 0 Å². The van der Waals surface area contributed by atoms with Gasteiger partial charge in [-0.05, 0) is 30.7 Å². The van der Waals surface area contributed by atoms with Gasteiger partial charge in [-0.15, -0.1) is 0 Å². The first-order valence-electron chi connectivity index (χ1n) is 3.45. The van der Waals surface area contributed by atoms with Gasteiger partial charge in [0.25, 0.3) is 0 Å². The molecule has 4 N–H and O–H groups in total. The molecular formula is C8H12NNaO2. The molecule has 0 heterocycles. The molecule has 1 aromatic rings. The van der Waals surface area contributed by atoms with Crippen LogP contribution in [-0.4, -0.2) is 46.3 Å². The van der Waals surface area contributed by atoms with Crippen molar-refractivity contribution >= 4 is 29.6 Å². The second kappa shape index (κ2) is 5.43. The number of benzene rings is 1. The van der Waals surface area contributed by atoms with Crippen LogP contribution in [0.4, 0.5) is 0 Å². The minimum absolute atomic E-state index is 0. The molecule has 62 valence electrons. The van der Waals surface area contributed by atoms with E-state index in [-0.39, 0.29) is 41.1 Å². The van der Waals surface area contributed by atoms with Crippen LogP contribution in [0.25, 0.3) is 0 Å². The Kier molecular flexibility index (Phi) is 5.33. The van der Waals surface area contributed by atoms with Crippen molar-refractivity contribution in [2.45, 2.75) is 6.42 Å². The maximum atomic E-state index is 9.04. The zero-order chi connectivity index (χ0) is 8.27. The van der Waals surface area contributed by atoms with E-state index in [0.717, 1.165) is 5.56 Å². The average molecular weight is 177 g/mol. The van der Waals surface area contributed by atoms with Gasteiger partial charge in [0.1, 0.15) is 0 Å². The molecule has 1 aromatic carbocycles. The van der Waals surface area contributed by atoms with Crippen LogP contribution in [0.3, 0.4) is 0 Å². The van der Waals surface area contributed by atoms with Gasteiger partial charge in [0, 0.05) is 0 Å². The van der Waals surface area contributed by atoms with Gasteiger partial charge in [0.2, 0.25) is 0 Å². The number of phenolic OH excluding ortho intramolecular Hbond substituents is 2. The first-order valence-corrected chi connectivity index (χ1v) is 3.45. The van der Waals surface area contributed by atoms with E-state index in [1.807, 2.05) is 0 Å². The van der Waals surface area contributed by atoms with Gasteiger partial charge in [-0.25, -0.2) is 0 Å². The van der Waals surface area contributed by atoms with E-state index < -0.39 is 0 Å². The summed E-state index contributed by atoms with van der Waals surface area (Å²) >= 11 is 0. The first kappa shape index (κ1) is 11.8. The predicted octanol–water partition coefficient (Wildman–Crippen LogP) is -0.0495. The topological polar surface area (TPSA) is 66.5 Å². The molecule has 0 aromatic heterocycles. The van der Waals surface area contributed by atoms with Crippen LogP contribution in [0.1, 0.15) is 5.56 Å². The summed E-state index contributed by atoms with van der Waals surface area (Å²) in [6, 6.07) is 4.71. The quantitative estimate of drug-likeness (QED) is 0.438. The Morgan fingerprint density at radius 1 is 1.17 bits per heavy atom. The Labute approximate surface area is 93.5 Å². The maximum absolute atomic E-state index is 9.04. The third-order valence-electron chi connectivity index (χ3n) is 1.47. The van der Waals surface area contributed by atoms with Crippen LogP contribution in [0, 0.1) is 0 Å². The van der Waals surface area contributed by atoms with E-state index in [0.29, 0.717) is 13.0 Å². The van der Waals surface area contributed by atoms with Crippen molar-refractivity contribution in [2.75, 3.05) is 6.54 Å². The molecule has 0 aliphatic rings. The molecule has 0 unspecified atom stereocenters. The van der Waals surface area contributed by atoms with E-state index in [4.69, 9.17) is 15.9 Å². The van der Waals surface area contributed by atoms with Gasteiger partial charge >= 0.3 is 29.6 Å². The molecule has 0 saturated carbocycles. The molecule has 0 radical (unpaired) electrons. The van der Waals surface area contributed by atoms with Crippen LogP contribution in [0.15, 0.2) is 18.2 Å². The number of hydrogen-bond donors (Lipinski definition) is 3. The van der Waals surface area contributed by atoms with Crippen LogP contribution in [-0.2, 0) is 6.42 Å². The Hall–Kier alpha value is -0.220. The molecule has 0 fully saturated rings. The third kappa shape index (κ3) is 3.03. The molecule has 0 aliphatic heterocycles. The molecule has 12 heavy (non-hydrogen) atoms. The summed E-state index contributed by atoms with van der Waals surface area (Å²) in [6.45, 7) is 0.546. The fraction of sp³-hybridized carbons (Fsp3) is 0.250. The van der Waals surface area contributed by atoms with E-state index in [1.54, 1.807) is 6.07 Å². The molecular weight excluding hydrogens is 165 g/mol. The fourth-order valence-corrected chi connectivity index (χ4v) is 0.891. The van der Waals surface area contributed by atoms with Crippen molar-refractivity contribution in [3.8, 4) is 11.5 Å². The number of phenols is 2. The summed E-state index contributed by atoms with van der Waals surface area (Å²) in [5.41, 5.74) is 6.24. The van der Waals surface area contributed by atoms with Gasteiger partial charge in [-0.1, -0.05) is 6.07 Å². The Bertz CT molecular complexity index is 253. The Morgan fingerprint density at radius 3 is 2.33 bits per heavy atom. The molecule has 0 aliphatic carbocycles. The number of rotatable bonds is 2. The number of aromatic hydroxyl groups is 2. The zero-order valence-electron chi connectivity index (χ0n) is 6.12. The van der Waals surface area contributed by atoms with Crippen molar-refractivity contribution in [3.05, 3.63) is 23.8 Å². The van der Waals surface area contributed by atoms with E-state index in [2.05, 4.69) is 0 Å².